The van der Waals surface area contributed by atoms with Crippen LogP contribution in [0.2, 0.25) is 5.02 Å². The number of fused-ring (bicyclic) bond motifs is 2. The van der Waals surface area contributed by atoms with Crippen molar-refractivity contribution < 1.29 is 14.3 Å². The minimum absolute atomic E-state index is 0.287. The SMILES string of the molecule is Cc1cc(F)ccc1C1=NNC2(C(=O)Nc3ccc(Cl)cc32)C1O. The Kier molecular flexibility index (Phi) is 3.16. The largest absolute Gasteiger partial charge is 0.383 e. The van der Waals surface area contributed by atoms with Crippen molar-refractivity contribution in [1.29, 1.82) is 0 Å². The molecule has 2 aromatic carbocycles. The Bertz CT molecular complexity index is 915. The molecule has 0 saturated heterocycles. The fourth-order valence-corrected chi connectivity index (χ4v) is 3.45. The van der Waals surface area contributed by atoms with Gasteiger partial charge in [-0.3, -0.25) is 10.2 Å². The molecule has 24 heavy (non-hydrogen) atoms. The van der Waals surface area contributed by atoms with Crippen LogP contribution in [0.25, 0.3) is 0 Å². The second-order valence-electron chi connectivity index (χ2n) is 5.92. The summed E-state index contributed by atoms with van der Waals surface area (Å²) in [5.74, 6) is -0.784. The number of rotatable bonds is 1. The lowest BCUT2D eigenvalue weighted by Gasteiger charge is -2.26. The number of carbonyl (C=O) groups excluding carboxylic acids is 1. The van der Waals surface area contributed by atoms with Crippen molar-refractivity contribution in [2.45, 2.75) is 18.6 Å². The molecule has 5 nitrogen and oxygen atoms in total. The van der Waals surface area contributed by atoms with Crippen LogP contribution < -0.4 is 10.7 Å². The number of nitrogens with one attached hydrogen (secondary N) is 2. The number of nitrogens with zero attached hydrogens (tertiary/aromatic N) is 1. The van der Waals surface area contributed by atoms with Crippen LogP contribution in [-0.4, -0.2) is 22.8 Å². The number of anilines is 1. The molecule has 0 fully saturated rings. The van der Waals surface area contributed by atoms with Gasteiger partial charge in [0.15, 0.2) is 5.54 Å². The van der Waals surface area contributed by atoms with Crippen LogP contribution in [0.15, 0.2) is 41.5 Å². The molecule has 2 aromatic rings. The van der Waals surface area contributed by atoms with Crippen molar-refractivity contribution in [1.82, 2.24) is 5.43 Å². The monoisotopic (exact) mass is 345 g/mol. The van der Waals surface area contributed by atoms with Gasteiger partial charge >= 0.3 is 0 Å². The molecule has 1 amide bonds. The second-order valence-corrected chi connectivity index (χ2v) is 6.36. The fraction of sp³-hybridized carbons (Fsp3) is 0.176. The minimum Gasteiger partial charge on any atom is -0.383 e. The first-order valence-corrected chi connectivity index (χ1v) is 7.72. The highest BCUT2D eigenvalue weighted by Crippen LogP contribution is 2.43. The van der Waals surface area contributed by atoms with E-state index in [0.29, 0.717) is 27.4 Å². The molecule has 2 unspecified atom stereocenters. The van der Waals surface area contributed by atoms with Crippen molar-refractivity contribution >= 4 is 28.9 Å². The zero-order valence-electron chi connectivity index (χ0n) is 12.6. The Morgan fingerprint density at radius 3 is 2.83 bits per heavy atom. The maximum Gasteiger partial charge on any atom is 0.259 e. The zero-order chi connectivity index (χ0) is 17.1. The average Bonchev–Trinajstić information content (AvgIpc) is 3.01. The predicted octanol–water partition coefficient (Wildman–Crippen LogP) is 2.30. The zero-order valence-corrected chi connectivity index (χ0v) is 13.4. The third-order valence-electron chi connectivity index (χ3n) is 4.50. The van der Waals surface area contributed by atoms with Gasteiger partial charge in [0, 0.05) is 21.8 Å². The van der Waals surface area contributed by atoms with Crippen molar-refractivity contribution in [3.63, 3.8) is 0 Å². The molecule has 7 heteroatoms. The van der Waals surface area contributed by atoms with Crippen LogP contribution in [-0.2, 0) is 10.3 Å². The maximum absolute atomic E-state index is 13.3. The molecular formula is C17H13ClFN3O2. The van der Waals surface area contributed by atoms with E-state index < -0.39 is 17.6 Å². The van der Waals surface area contributed by atoms with Gasteiger partial charge in [-0.25, -0.2) is 4.39 Å². The summed E-state index contributed by atoms with van der Waals surface area (Å²) in [4.78, 5) is 12.6. The molecule has 2 atom stereocenters. The number of hydrazone groups is 1. The highest BCUT2D eigenvalue weighted by atomic mass is 35.5. The number of aryl methyl sites for hydroxylation is 1. The van der Waals surface area contributed by atoms with Gasteiger partial charge in [0.2, 0.25) is 0 Å². The molecule has 2 heterocycles. The van der Waals surface area contributed by atoms with Crippen LogP contribution >= 0.6 is 11.6 Å². The van der Waals surface area contributed by atoms with Crippen LogP contribution in [0.4, 0.5) is 10.1 Å². The van der Waals surface area contributed by atoms with E-state index in [1.165, 1.54) is 12.1 Å². The molecule has 2 aliphatic heterocycles. The van der Waals surface area contributed by atoms with Gasteiger partial charge in [-0.1, -0.05) is 11.6 Å². The standard InChI is InChI=1S/C17H13ClFN3O2/c1-8-6-10(19)3-4-11(8)14-15(23)17(22-21-14)12-7-9(18)2-5-13(12)20-16(17)24/h2-7,15,22-23H,1H3,(H,20,24). The molecule has 4 rings (SSSR count). The minimum atomic E-state index is -1.43. The lowest BCUT2D eigenvalue weighted by Crippen LogP contribution is -2.52. The molecule has 0 aliphatic carbocycles. The van der Waals surface area contributed by atoms with Gasteiger partial charge in [-0.2, -0.15) is 5.10 Å². The van der Waals surface area contributed by atoms with Crippen LogP contribution in [0.5, 0.6) is 0 Å². The Balaban J connectivity index is 1.82. The normalized spacial score (nSPS) is 24.6. The van der Waals surface area contributed by atoms with E-state index in [1.807, 2.05) is 0 Å². The maximum atomic E-state index is 13.3. The van der Waals surface area contributed by atoms with Gasteiger partial charge in [0.05, 0.1) is 5.71 Å². The van der Waals surface area contributed by atoms with Gasteiger partial charge in [-0.15, -0.1) is 0 Å². The third-order valence-corrected chi connectivity index (χ3v) is 4.73. The van der Waals surface area contributed by atoms with Crippen molar-refractivity contribution in [2.75, 3.05) is 5.32 Å². The Hall–Kier alpha value is -2.44. The van der Waals surface area contributed by atoms with Crippen molar-refractivity contribution in [3.8, 4) is 0 Å². The Morgan fingerprint density at radius 2 is 2.08 bits per heavy atom. The summed E-state index contributed by atoms with van der Waals surface area (Å²) in [5, 5.41) is 18.3. The van der Waals surface area contributed by atoms with Crippen LogP contribution in [0.3, 0.4) is 0 Å². The van der Waals surface area contributed by atoms with Gasteiger partial charge in [0.25, 0.3) is 5.91 Å². The first-order chi connectivity index (χ1) is 11.4. The molecule has 0 saturated carbocycles. The molecule has 3 N–H and O–H groups in total. The molecule has 122 valence electrons. The van der Waals surface area contributed by atoms with Crippen LogP contribution in [0.1, 0.15) is 16.7 Å². The molecular weight excluding hydrogens is 333 g/mol. The topological polar surface area (TPSA) is 73.7 Å². The smallest absolute Gasteiger partial charge is 0.259 e. The summed E-state index contributed by atoms with van der Waals surface area (Å²) in [6.07, 6.45) is -1.23. The molecule has 2 aliphatic rings. The van der Waals surface area contributed by atoms with E-state index in [1.54, 1.807) is 31.2 Å². The van der Waals surface area contributed by atoms with E-state index in [-0.39, 0.29) is 11.5 Å². The number of carbonyl (C=O) groups is 1. The van der Waals surface area contributed by atoms with Crippen LogP contribution in [0, 0.1) is 12.7 Å². The summed E-state index contributed by atoms with van der Waals surface area (Å²) in [6.45, 7) is 1.72. The van der Waals surface area contributed by atoms with Crippen molar-refractivity contribution in [2.24, 2.45) is 5.10 Å². The molecule has 0 radical (unpaired) electrons. The number of hydrogen-bond acceptors (Lipinski definition) is 4. The van der Waals surface area contributed by atoms with E-state index in [4.69, 9.17) is 11.6 Å². The summed E-state index contributed by atoms with van der Waals surface area (Å²) in [6, 6.07) is 9.16. The lowest BCUT2D eigenvalue weighted by molar-refractivity contribution is -0.124. The fourth-order valence-electron chi connectivity index (χ4n) is 3.28. The number of aliphatic hydroxyl groups is 1. The molecule has 1 spiro atoms. The van der Waals surface area contributed by atoms with E-state index in [9.17, 15) is 14.3 Å². The van der Waals surface area contributed by atoms with E-state index >= 15 is 0 Å². The average molecular weight is 346 g/mol. The molecule has 0 bridgehead atoms. The number of halogens is 2. The molecule has 0 aromatic heterocycles. The van der Waals surface area contributed by atoms with E-state index in [0.717, 1.165) is 0 Å². The number of aliphatic hydroxyl groups excluding tert-OH is 1. The summed E-state index contributed by atoms with van der Waals surface area (Å²) >= 11 is 6.05. The predicted molar refractivity (Wildman–Crippen MR) is 88.6 cm³/mol. The van der Waals surface area contributed by atoms with Gasteiger partial charge in [-0.05, 0) is 48.9 Å². The summed E-state index contributed by atoms with van der Waals surface area (Å²) in [5.41, 5.74) is 3.94. The second kappa shape index (κ2) is 5.03. The highest BCUT2D eigenvalue weighted by Gasteiger charge is 2.57. The lowest BCUT2D eigenvalue weighted by atomic mass is 9.83. The number of hydrogen-bond donors (Lipinski definition) is 3. The summed E-state index contributed by atoms with van der Waals surface area (Å²) < 4.78 is 13.3. The first kappa shape index (κ1) is 15.1. The quantitative estimate of drug-likeness (QED) is 0.742. The van der Waals surface area contributed by atoms with E-state index in [2.05, 4.69) is 15.8 Å². The Labute approximate surface area is 142 Å². The number of benzene rings is 2. The summed E-state index contributed by atoms with van der Waals surface area (Å²) in [7, 11) is 0. The first-order valence-electron chi connectivity index (χ1n) is 7.34. The van der Waals surface area contributed by atoms with Gasteiger partial charge in [0.1, 0.15) is 11.9 Å². The van der Waals surface area contributed by atoms with Crippen molar-refractivity contribution in [3.05, 3.63) is 63.9 Å². The highest BCUT2D eigenvalue weighted by molar-refractivity contribution is 6.31. The number of amides is 1. The Morgan fingerprint density at radius 1 is 1.29 bits per heavy atom. The van der Waals surface area contributed by atoms with Gasteiger partial charge < -0.3 is 10.4 Å². The third kappa shape index (κ3) is 1.90.